The first-order valence-corrected chi connectivity index (χ1v) is 13.6. The van der Waals surface area contributed by atoms with E-state index in [9.17, 15) is 9.59 Å². The van der Waals surface area contributed by atoms with Crippen molar-refractivity contribution in [2.75, 3.05) is 0 Å². The molecule has 3 rings (SSSR count). The van der Waals surface area contributed by atoms with Gasteiger partial charge in [-0.15, -0.1) is 13.2 Å². The van der Waals surface area contributed by atoms with Crippen molar-refractivity contribution in [3.63, 3.8) is 0 Å². The Kier molecular flexibility index (Phi) is 11.6. The van der Waals surface area contributed by atoms with Crippen LogP contribution in [0.4, 0.5) is 0 Å². The number of carboxylic acid groups (broad SMARTS) is 1. The Balaban J connectivity index is 0.000000281. The molecule has 2 aliphatic carbocycles. The van der Waals surface area contributed by atoms with Crippen LogP contribution in [0.1, 0.15) is 97.5 Å². The predicted octanol–water partition coefficient (Wildman–Crippen LogP) is 8.75. The van der Waals surface area contributed by atoms with Crippen LogP contribution in [0.15, 0.2) is 77.9 Å². The van der Waals surface area contributed by atoms with Gasteiger partial charge in [0.15, 0.2) is 0 Å². The number of carbonyl (C=O) groups excluding carboxylic acids is 1. The van der Waals surface area contributed by atoms with Crippen LogP contribution in [-0.2, 0) is 20.9 Å². The smallest absolute Gasteiger partial charge is 0.310 e. The average molecular weight is 507 g/mol. The van der Waals surface area contributed by atoms with E-state index < -0.39 is 5.97 Å². The number of allylic oxidation sites excluding steroid dienone is 4. The molecule has 0 saturated carbocycles. The fourth-order valence-electron chi connectivity index (χ4n) is 5.66. The number of ether oxygens (including phenoxy) is 1. The maximum atomic E-state index is 12.2. The second-order valence-corrected chi connectivity index (χ2v) is 11.5. The summed E-state index contributed by atoms with van der Waals surface area (Å²) in [6.45, 7) is 16.7. The van der Waals surface area contributed by atoms with Crippen LogP contribution in [0.3, 0.4) is 0 Å². The maximum absolute atomic E-state index is 12.2. The van der Waals surface area contributed by atoms with Gasteiger partial charge < -0.3 is 9.84 Å². The van der Waals surface area contributed by atoms with Crippen molar-refractivity contribution in [3.05, 3.63) is 83.5 Å². The first-order chi connectivity index (χ1) is 17.5. The summed E-state index contributed by atoms with van der Waals surface area (Å²) in [5.74, 6) is -0.850. The van der Waals surface area contributed by atoms with E-state index >= 15 is 0 Å². The monoisotopic (exact) mass is 506 g/mol. The first kappa shape index (κ1) is 30.3. The number of benzene rings is 1. The lowest BCUT2D eigenvalue weighted by Gasteiger charge is -2.35. The zero-order chi connectivity index (χ0) is 27.5. The van der Waals surface area contributed by atoms with E-state index in [1.807, 2.05) is 42.5 Å². The van der Waals surface area contributed by atoms with E-state index in [0.29, 0.717) is 13.0 Å². The van der Waals surface area contributed by atoms with Crippen LogP contribution in [-0.4, -0.2) is 17.0 Å². The van der Waals surface area contributed by atoms with Gasteiger partial charge in [-0.1, -0.05) is 92.5 Å². The Morgan fingerprint density at radius 3 is 1.81 bits per heavy atom. The van der Waals surface area contributed by atoms with Gasteiger partial charge in [-0.25, -0.2) is 0 Å². The molecule has 1 N–H and O–H groups in total. The lowest BCUT2D eigenvalue weighted by atomic mass is 9.70. The zero-order valence-corrected chi connectivity index (χ0v) is 23.4. The molecule has 0 bridgehead atoms. The highest BCUT2D eigenvalue weighted by molar-refractivity contribution is 5.73. The van der Waals surface area contributed by atoms with E-state index in [2.05, 4.69) is 40.9 Å². The SMILES string of the molecule is C=CCC1=C(CC(=O)O)C(C)(C)CCC1.C=CCC1=C(CC(=O)OCc2ccccc2)C(C)(C)CCC1. The molecule has 4 heteroatoms. The molecular formula is C33H46O4. The minimum Gasteiger partial charge on any atom is -0.481 e. The number of hydrogen-bond donors (Lipinski definition) is 1. The van der Waals surface area contributed by atoms with Crippen molar-refractivity contribution < 1.29 is 19.4 Å². The van der Waals surface area contributed by atoms with Crippen molar-refractivity contribution in [2.45, 2.75) is 98.5 Å². The van der Waals surface area contributed by atoms with Crippen LogP contribution < -0.4 is 0 Å². The van der Waals surface area contributed by atoms with Crippen molar-refractivity contribution in [1.82, 2.24) is 0 Å². The Hall–Kier alpha value is -2.88. The summed E-state index contributed by atoms with van der Waals surface area (Å²) in [6, 6.07) is 9.82. The normalized spacial score (nSPS) is 18.4. The maximum Gasteiger partial charge on any atom is 0.310 e. The van der Waals surface area contributed by atoms with Gasteiger partial charge in [-0.3, -0.25) is 9.59 Å². The van der Waals surface area contributed by atoms with Crippen LogP contribution in [0.2, 0.25) is 0 Å². The minimum atomic E-state index is -0.721. The molecule has 0 fully saturated rings. The number of carbonyl (C=O) groups is 2. The number of carboxylic acids is 1. The molecule has 0 spiro atoms. The summed E-state index contributed by atoms with van der Waals surface area (Å²) in [6.07, 6.45) is 12.8. The van der Waals surface area contributed by atoms with Crippen LogP contribution in [0.5, 0.6) is 0 Å². The molecule has 0 unspecified atom stereocenters. The first-order valence-electron chi connectivity index (χ1n) is 13.6. The van der Waals surface area contributed by atoms with Crippen LogP contribution in [0.25, 0.3) is 0 Å². The largest absolute Gasteiger partial charge is 0.481 e. The van der Waals surface area contributed by atoms with Crippen LogP contribution in [0, 0.1) is 10.8 Å². The fraction of sp³-hybridized carbons (Fsp3) is 0.515. The van der Waals surface area contributed by atoms with Gasteiger partial charge in [0.2, 0.25) is 0 Å². The molecule has 1 aromatic carbocycles. The summed E-state index contributed by atoms with van der Waals surface area (Å²) in [5, 5.41) is 8.92. The highest BCUT2D eigenvalue weighted by Crippen LogP contribution is 2.44. The summed E-state index contributed by atoms with van der Waals surface area (Å²) in [4.78, 5) is 23.1. The second kappa shape index (κ2) is 14.2. The zero-order valence-electron chi connectivity index (χ0n) is 23.4. The van der Waals surface area contributed by atoms with Gasteiger partial charge in [0.25, 0.3) is 0 Å². The fourth-order valence-corrected chi connectivity index (χ4v) is 5.66. The van der Waals surface area contributed by atoms with E-state index in [1.54, 1.807) is 0 Å². The lowest BCUT2D eigenvalue weighted by molar-refractivity contribution is -0.144. The molecule has 0 atom stereocenters. The minimum absolute atomic E-state index is 0.0506. The quantitative estimate of drug-likeness (QED) is 0.254. The number of aliphatic carboxylic acids is 1. The standard InChI is InChI=1S/C20H26O2.C13H20O2/c1-4-9-17-12-8-13-20(2,3)18(17)14-19(21)22-15-16-10-6-5-7-11-16;1-4-6-10-7-5-8-13(2,3)11(10)9-12(14)15/h4-7,10-11H,1,8-9,12-15H2,2-3H3;4H,1,5-9H2,2-3H3,(H,14,15). The van der Waals surface area contributed by atoms with Crippen molar-refractivity contribution in [3.8, 4) is 0 Å². The molecule has 4 nitrogen and oxygen atoms in total. The van der Waals surface area contributed by atoms with Gasteiger partial charge in [-0.2, -0.15) is 0 Å². The summed E-state index contributed by atoms with van der Waals surface area (Å²) in [5.41, 5.74) is 6.22. The molecule has 0 radical (unpaired) electrons. The number of esters is 1. The highest BCUT2D eigenvalue weighted by atomic mass is 16.5. The third kappa shape index (κ3) is 9.50. The van der Waals surface area contributed by atoms with Crippen LogP contribution >= 0.6 is 0 Å². The Morgan fingerprint density at radius 2 is 1.35 bits per heavy atom. The second-order valence-electron chi connectivity index (χ2n) is 11.5. The van der Waals surface area contributed by atoms with Gasteiger partial charge >= 0.3 is 11.9 Å². The summed E-state index contributed by atoms with van der Waals surface area (Å²) >= 11 is 0. The van der Waals surface area contributed by atoms with Crippen molar-refractivity contribution >= 4 is 11.9 Å². The predicted molar refractivity (Wildman–Crippen MR) is 152 cm³/mol. The molecule has 202 valence electrons. The summed E-state index contributed by atoms with van der Waals surface area (Å²) < 4.78 is 5.45. The van der Waals surface area contributed by atoms with Gasteiger partial charge in [0.1, 0.15) is 6.61 Å². The molecular weight excluding hydrogens is 460 g/mol. The highest BCUT2D eigenvalue weighted by Gasteiger charge is 2.31. The Labute approximate surface area is 224 Å². The van der Waals surface area contributed by atoms with Gasteiger partial charge in [-0.05, 0) is 67.8 Å². The third-order valence-electron chi connectivity index (χ3n) is 7.72. The Morgan fingerprint density at radius 1 is 0.865 bits per heavy atom. The van der Waals surface area contributed by atoms with E-state index in [-0.39, 0.29) is 23.2 Å². The molecule has 0 amide bonds. The van der Waals surface area contributed by atoms with E-state index in [0.717, 1.165) is 49.7 Å². The van der Waals surface area contributed by atoms with Gasteiger partial charge in [0.05, 0.1) is 12.8 Å². The van der Waals surface area contributed by atoms with Crippen molar-refractivity contribution in [2.24, 2.45) is 10.8 Å². The third-order valence-corrected chi connectivity index (χ3v) is 7.72. The van der Waals surface area contributed by atoms with Crippen molar-refractivity contribution in [1.29, 1.82) is 0 Å². The molecule has 0 aliphatic heterocycles. The van der Waals surface area contributed by atoms with Gasteiger partial charge in [0, 0.05) is 0 Å². The molecule has 0 aromatic heterocycles. The molecule has 0 heterocycles. The molecule has 1 aromatic rings. The lowest BCUT2D eigenvalue weighted by Crippen LogP contribution is -2.23. The molecule has 37 heavy (non-hydrogen) atoms. The average Bonchev–Trinajstić information content (AvgIpc) is 2.83. The van der Waals surface area contributed by atoms with E-state index in [4.69, 9.17) is 9.84 Å². The topological polar surface area (TPSA) is 63.6 Å². The number of rotatable bonds is 10. The molecule has 2 aliphatic rings. The molecule has 0 saturated heterocycles. The number of hydrogen-bond acceptors (Lipinski definition) is 3. The Bertz CT molecular complexity index is 1010. The van der Waals surface area contributed by atoms with E-state index in [1.165, 1.54) is 29.6 Å². The summed E-state index contributed by atoms with van der Waals surface area (Å²) in [7, 11) is 0.